The van der Waals surface area contributed by atoms with E-state index in [0.717, 1.165) is 19.5 Å². The van der Waals surface area contributed by atoms with Gasteiger partial charge in [-0.2, -0.15) is 0 Å². The van der Waals surface area contributed by atoms with Gasteiger partial charge in [0.2, 0.25) is 11.8 Å². The second-order valence-corrected chi connectivity index (χ2v) is 10.6. The Labute approximate surface area is 207 Å². The molecular weight excluding hydrogens is 454 g/mol. The van der Waals surface area contributed by atoms with Gasteiger partial charge < -0.3 is 29.5 Å². The van der Waals surface area contributed by atoms with E-state index in [-0.39, 0.29) is 30.9 Å². The largest absolute Gasteiger partial charge is 0.466 e. The predicted octanol–water partition coefficient (Wildman–Crippen LogP) is 0.170. The zero-order valence-corrected chi connectivity index (χ0v) is 21.5. The highest BCUT2D eigenvalue weighted by molar-refractivity contribution is 5.98. The molecule has 0 aromatic heterocycles. The van der Waals surface area contributed by atoms with Crippen molar-refractivity contribution in [3.05, 3.63) is 0 Å². The van der Waals surface area contributed by atoms with E-state index in [0.29, 0.717) is 39.1 Å². The molecule has 0 aromatic carbocycles. The maximum Gasteiger partial charge on any atom is 0.312 e. The van der Waals surface area contributed by atoms with Crippen LogP contribution < -0.4 is 5.32 Å². The van der Waals surface area contributed by atoms with E-state index in [1.807, 2.05) is 20.8 Å². The first-order valence-electron chi connectivity index (χ1n) is 13.1. The summed E-state index contributed by atoms with van der Waals surface area (Å²) in [5.74, 6) is -2.63. The van der Waals surface area contributed by atoms with Crippen molar-refractivity contribution in [2.45, 2.75) is 70.2 Å². The van der Waals surface area contributed by atoms with Crippen molar-refractivity contribution in [3.8, 4) is 0 Å². The number of ether oxygens (including phenoxy) is 3. The highest BCUT2D eigenvalue weighted by Crippen LogP contribution is 2.63. The van der Waals surface area contributed by atoms with Gasteiger partial charge in [0.05, 0.1) is 44.0 Å². The topological polar surface area (TPSA) is 118 Å². The van der Waals surface area contributed by atoms with Crippen LogP contribution in [0.4, 0.5) is 0 Å². The molecule has 2 amide bonds. The molecule has 4 saturated heterocycles. The summed E-state index contributed by atoms with van der Waals surface area (Å²) in [4.78, 5) is 44.6. The number of nitrogens with one attached hydrogen (secondary N) is 1. The number of nitrogens with zero attached hydrogens (tertiary/aromatic N) is 2. The van der Waals surface area contributed by atoms with Crippen molar-refractivity contribution in [2.24, 2.45) is 17.8 Å². The smallest absolute Gasteiger partial charge is 0.312 e. The fourth-order valence-corrected chi connectivity index (χ4v) is 6.68. The number of likely N-dealkylation sites (tertiary alicyclic amines) is 1. The zero-order chi connectivity index (χ0) is 25.4. The van der Waals surface area contributed by atoms with E-state index >= 15 is 0 Å². The van der Waals surface area contributed by atoms with Crippen LogP contribution in [0.5, 0.6) is 0 Å². The van der Waals surface area contributed by atoms with Crippen LogP contribution >= 0.6 is 0 Å². The monoisotopic (exact) mass is 495 g/mol. The van der Waals surface area contributed by atoms with Crippen molar-refractivity contribution in [3.63, 3.8) is 0 Å². The van der Waals surface area contributed by atoms with Gasteiger partial charge in [-0.15, -0.1) is 0 Å². The van der Waals surface area contributed by atoms with Crippen LogP contribution in [0.25, 0.3) is 0 Å². The quantitative estimate of drug-likeness (QED) is 0.412. The number of hydrogen-bond donors (Lipinski definition) is 2. The first-order valence-corrected chi connectivity index (χ1v) is 13.1. The molecule has 4 aliphatic heterocycles. The van der Waals surface area contributed by atoms with Crippen LogP contribution in [0.1, 0.15) is 47.0 Å². The molecule has 4 aliphatic rings. The van der Waals surface area contributed by atoms with E-state index in [2.05, 4.69) is 10.2 Å². The summed E-state index contributed by atoms with van der Waals surface area (Å²) in [6, 6.07) is -1.45. The lowest BCUT2D eigenvalue weighted by atomic mass is 9.66. The third kappa shape index (κ3) is 4.36. The van der Waals surface area contributed by atoms with E-state index in [4.69, 9.17) is 14.2 Å². The molecule has 2 unspecified atom stereocenters. The third-order valence-corrected chi connectivity index (χ3v) is 8.68. The van der Waals surface area contributed by atoms with Crippen LogP contribution in [0.2, 0.25) is 0 Å². The van der Waals surface area contributed by atoms with Crippen LogP contribution in [0.3, 0.4) is 0 Å². The number of carbonyl (C=O) groups excluding carboxylic acids is 3. The summed E-state index contributed by atoms with van der Waals surface area (Å²) in [7, 11) is 0. The molecule has 7 atom stereocenters. The predicted molar refractivity (Wildman–Crippen MR) is 126 cm³/mol. The molecule has 35 heavy (non-hydrogen) atoms. The van der Waals surface area contributed by atoms with E-state index in [9.17, 15) is 19.5 Å². The van der Waals surface area contributed by atoms with Crippen molar-refractivity contribution < 1.29 is 33.7 Å². The Morgan fingerprint density at radius 2 is 1.97 bits per heavy atom. The Hall–Kier alpha value is -1.75. The SMILES string of the molecule is CCOC(=O)[C@H]1[C@H]2C(=O)N([C@@H](CO)[C@@H](C)CC)C(C(=O)NCCN3CCOCC3)C23CC[C@]1(C)O3. The fraction of sp³-hybridized carbons (Fsp3) is 0.880. The van der Waals surface area contributed by atoms with E-state index < -0.39 is 41.1 Å². The lowest BCUT2D eigenvalue weighted by Gasteiger charge is -2.39. The number of carbonyl (C=O) groups is 3. The number of rotatable bonds is 10. The van der Waals surface area contributed by atoms with Gasteiger partial charge in [0.1, 0.15) is 17.6 Å². The highest BCUT2D eigenvalue weighted by atomic mass is 16.6. The zero-order valence-electron chi connectivity index (χ0n) is 21.5. The molecule has 4 fully saturated rings. The molecule has 0 radical (unpaired) electrons. The molecule has 0 aromatic rings. The van der Waals surface area contributed by atoms with Crippen molar-refractivity contribution in [1.29, 1.82) is 0 Å². The summed E-state index contributed by atoms with van der Waals surface area (Å²) in [6.45, 7) is 11.6. The van der Waals surface area contributed by atoms with Gasteiger partial charge in [-0.3, -0.25) is 19.3 Å². The summed E-state index contributed by atoms with van der Waals surface area (Å²) in [5, 5.41) is 13.4. The number of amides is 2. The maximum absolute atomic E-state index is 14.0. The second kappa shape index (κ2) is 10.3. The number of morpholine rings is 1. The van der Waals surface area contributed by atoms with Crippen molar-refractivity contribution in [1.82, 2.24) is 15.1 Å². The number of aliphatic hydroxyl groups excluding tert-OH is 1. The first-order chi connectivity index (χ1) is 16.7. The van der Waals surface area contributed by atoms with Crippen LogP contribution in [0.15, 0.2) is 0 Å². The summed E-state index contributed by atoms with van der Waals surface area (Å²) < 4.78 is 17.3. The van der Waals surface area contributed by atoms with Gasteiger partial charge in [0, 0.05) is 26.2 Å². The number of fused-ring (bicyclic) bond motifs is 1. The Morgan fingerprint density at radius 1 is 1.26 bits per heavy atom. The van der Waals surface area contributed by atoms with Gasteiger partial charge in [-0.1, -0.05) is 20.3 Å². The average molecular weight is 496 g/mol. The van der Waals surface area contributed by atoms with Crippen LogP contribution in [-0.2, 0) is 28.6 Å². The van der Waals surface area contributed by atoms with Gasteiger partial charge in [0.15, 0.2) is 0 Å². The minimum absolute atomic E-state index is 0.0309. The Morgan fingerprint density at radius 3 is 2.60 bits per heavy atom. The van der Waals surface area contributed by atoms with Gasteiger partial charge >= 0.3 is 5.97 Å². The Bertz CT molecular complexity index is 819. The average Bonchev–Trinajstić information content (AvgIpc) is 3.41. The minimum Gasteiger partial charge on any atom is -0.466 e. The molecule has 198 valence electrons. The van der Waals surface area contributed by atoms with Gasteiger partial charge in [0.25, 0.3) is 0 Å². The maximum atomic E-state index is 14.0. The Kier molecular flexibility index (Phi) is 7.76. The first kappa shape index (κ1) is 26.3. The van der Waals surface area contributed by atoms with Crippen molar-refractivity contribution in [2.75, 3.05) is 52.6 Å². The molecule has 1 spiro atoms. The normalized spacial score (nSPS) is 36.2. The molecule has 4 rings (SSSR count). The molecular formula is C25H41N3O7. The number of hydrogen-bond acceptors (Lipinski definition) is 8. The standard InChI is InChI=1S/C25H41N3O7/c1-5-16(3)17(15-29)28-20(21(30)26-9-10-27-11-13-33-14-12-27)25-8-7-24(4,35-25)19(18(25)22(28)31)23(32)34-6-2/h16-20,29H,5-15H2,1-4H3,(H,26,30)/t16-,17-,18-,19+,20?,24-,25?/m0/s1. The van der Waals surface area contributed by atoms with Gasteiger partial charge in [-0.05, 0) is 32.6 Å². The molecule has 2 bridgehead atoms. The van der Waals surface area contributed by atoms with E-state index in [1.54, 1.807) is 11.8 Å². The van der Waals surface area contributed by atoms with E-state index in [1.165, 1.54) is 0 Å². The molecule has 0 saturated carbocycles. The lowest BCUT2D eigenvalue weighted by molar-refractivity contribution is -0.160. The lowest BCUT2D eigenvalue weighted by Crippen LogP contribution is -2.59. The van der Waals surface area contributed by atoms with Gasteiger partial charge in [-0.25, -0.2) is 0 Å². The van der Waals surface area contributed by atoms with Crippen molar-refractivity contribution >= 4 is 17.8 Å². The summed E-state index contributed by atoms with van der Waals surface area (Å²) in [5.41, 5.74) is -1.96. The summed E-state index contributed by atoms with van der Waals surface area (Å²) in [6.07, 6.45) is 1.81. The van der Waals surface area contributed by atoms with Crippen LogP contribution in [0, 0.1) is 17.8 Å². The number of esters is 1. The molecule has 10 nitrogen and oxygen atoms in total. The highest BCUT2D eigenvalue weighted by Gasteiger charge is 2.78. The van der Waals surface area contributed by atoms with Crippen LogP contribution in [-0.4, -0.2) is 109 Å². The third-order valence-electron chi connectivity index (χ3n) is 8.68. The second-order valence-electron chi connectivity index (χ2n) is 10.6. The molecule has 4 heterocycles. The molecule has 10 heteroatoms. The minimum atomic E-state index is -1.10. The number of aliphatic hydroxyl groups is 1. The molecule has 2 N–H and O–H groups in total. The molecule has 0 aliphatic carbocycles. The Balaban J connectivity index is 1.64. The fourth-order valence-electron chi connectivity index (χ4n) is 6.68. The summed E-state index contributed by atoms with van der Waals surface area (Å²) >= 11 is 0.